The fourth-order valence-electron chi connectivity index (χ4n) is 2.19. The summed E-state index contributed by atoms with van der Waals surface area (Å²) in [6.45, 7) is 3.71. The predicted octanol–water partition coefficient (Wildman–Crippen LogP) is 3.42. The Hall–Kier alpha value is -3.60. The minimum atomic E-state index is -0.827. The van der Waals surface area contributed by atoms with E-state index in [0.717, 1.165) is 18.2 Å². The van der Waals surface area contributed by atoms with Crippen LogP contribution in [0.15, 0.2) is 42.5 Å². The molecule has 10 nitrogen and oxygen atoms in total. The molecule has 0 saturated heterocycles. The molecule has 2 aromatic carbocycles. The number of nitrogens with zero attached hydrogens (tertiary/aromatic N) is 2. The van der Waals surface area contributed by atoms with Gasteiger partial charge in [-0.2, -0.15) is 0 Å². The number of nitro groups is 2. The molecule has 2 N–H and O–H groups in total. The number of thiocarbonyl (C=S) groups is 1. The molecule has 0 aliphatic rings. The predicted molar refractivity (Wildman–Crippen MR) is 106 cm³/mol. The van der Waals surface area contributed by atoms with Crippen LogP contribution < -0.4 is 15.4 Å². The van der Waals surface area contributed by atoms with Gasteiger partial charge in [0.15, 0.2) is 5.11 Å². The Balaban J connectivity index is 2.18. The van der Waals surface area contributed by atoms with E-state index in [2.05, 4.69) is 10.6 Å². The fourth-order valence-corrected chi connectivity index (χ4v) is 2.40. The zero-order chi connectivity index (χ0) is 20.8. The first-order chi connectivity index (χ1) is 13.2. The highest BCUT2D eigenvalue weighted by atomic mass is 32.1. The first kappa shape index (κ1) is 20.7. The Labute approximate surface area is 164 Å². The number of rotatable bonds is 6. The lowest BCUT2D eigenvalue weighted by Gasteiger charge is -2.16. The molecular weight excluding hydrogens is 388 g/mol. The lowest BCUT2D eigenvalue weighted by atomic mass is 10.1. The second-order valence-corrected chi connectivity index (χ2v) is 6.23. The fraction of sp³-hybridized carbons (Fsp3) is 0.176. The number of nitrogens with one attached hydrogen (secondary N) is 2. The molecule has 0 bridgehead atoms. The third-order valence-corrected chi connectivity index (χ3v) is 3.52. The summed E-state index contributed by atoms with van der Waals surface area (Å²) >= 11 is 5.09. The van der Waals surface area contributed by atoms with Gasteiger partial charge in [-0.25, -0.2) is 0 Å². The number of carbonyl (C=O) groups excluding carboxylic acids is 1. The number of benzene rings is 2. The molecule has 28 heavy (non-hydrogen) atoms. The zero-order valence-electron chi connectivity index (χ0n) is 14.9. The van der Waals surface area contributed by atoms with Crippen molar-refractivity contribution in [2.75, 3.05) is 5.32 Å². The molecule has 0 aromatic heterocycles. The first-order valence-electron chi connectivity index (χ1n) is 7.99. The molecular formula is C17H16N4O6S. The number of non-ortho nitro benzene ring substituents is 2. The van der Waals surface area contributed by atoms with Gasteiger partial charge < -0.3 is 10.1 Å². The van der Waals surface area contributed by atoms with Crippen molar-refractivity contribution in [2.24, 2.45) is 0 Å². The average molecular weight is 404 g/mol. The van der Waals surface area contributed by atoms with Gasteiger partial charge >= 0.3 is 0 Å². The number of carbonyl (C=O) groups is 1. The Kier molecular flexibility index (Phi) is 6.55. The van der Waals surface area contributed by atoms with Gasteiger partial charge in [0.05, 0.1) is 33.3 Å². The smallest absolute Gasteiger partial charge is 0.277 e. The highest BCUT2D eigenvalue weighted by molar-refractivity contribution is 7.80. The Bertz CT molecular complexity index is 915. The summed E-state index contributed by atoms with van der Waals surface area (Å²) in [6, 6.07) is 9.55. The maximum Gasteiger partial charge on any atom is 0.277 e. The summed E-state index contributed by atoms with van der Waals surface area (Å²) in [5, 5.41) is 26.9. The molecule has 0 aliphatic heterocycles. The highest BCUT2D eigenvalue weighted by Crippen LogP contribution is 2.25. The summed E-state index contributed by atoms with van der Waals surface area (Å²) in [4.78, 5) is 32.6. The SMILES string of the molecule is CC(C)Oc1ccccc1NC(=S)NC(=O)c1cc([N+](=O)[O-])cc([N+](=O)[O-])c1. The van der Waals surface area contributed by atoms with Crippen molar-refractivity contribution in [3.63, 3.8) is 0 Å². The van der Waals surface area contributed by atoms with E-state index >= 15 is 0 Å². The number of amides is 1. The van der Waals surface area contributed by atoms with Gasteiger partial charge in [0.2, 0.25) is 0 Å². The summed E-state index contributed by atoms with van der Waals surface area (Å²) in [5.41, 5.74) is -0.911. The molecule has 0 atom stereocenters. The maximum atomic E-state index is 12.3. The second kappa shape index (κ2) is 8.86. The van der Waals surface area contributed by atoms with E-state index in [0.29, 0.717) is 11.4 Å². The number of para-hydroxylation sites is 2. The van der Waals surface area contributed by atoms with Gasteiger partial charge in [0.1, 0.15) is 5.75 Å². The Morgan fingerprint density at radius 3 is 2.18 bits per heavy atom. The van der Waals surface area contributed by atoms with Gasteiger partial charge in [-0.3, -0.25) is 30.3 Å². The van der Waals surface area contributed by atoms with E-state index < -0.39 is 27.1 Å². The minimum Gasteiger partial charge on any atom is -0.489 e. The largest absolute Gasteiger partial charge is 0.489 e. The van der Waals surface area contributed by atoms with Crippen molar-refractivity contribution in [1.82, 2.24) is 5.32 Å². The van der Waals surface area contributed by atoms with E-state index in [1.165, 1.54) is 0 Å². The number of anilines is 1. The molecule has 0 fully saturated rings. The normalized spacial score (nSPS) is 10.2. The van der Waals surface area contributed by atoms with E-state index in [-0.39, 0.29) is 16.8 Å². The number of nitro benzene ring substituents is 2. The molecule has 0 saturated carbocycles. The third kappa shape index (κ3) is 5.45. The van der Waals surface area contributed by atoms with Crippen LogP contribution in [0.4, 0.5) is 17.1 Å². The van der Waals surface area contributed by atoms with Crippen LogP contribution in [0.2, 0.25) is 0 Å². The Morgan fingerprint density at radius 1 is 1.07 bits per heavy atom. The van der Waals surface area contributed by atoms with Crippen LogP contribution in [0.25, 0.3) is 0 Å². The number of hydrogen-bond donors (Lipinski definition) is 2. The molecule has 0 unspecified atom stereocenters. The van der Waals surface area contributed by atoms with Crippen LogP contribution in [0, 0.1) is 20.2 Å². The second-order valence-electron chi connectivity index (χ2n) is 5.82. The number of ether oxygens (including phenoxy) is 1. The van der Waals surface area contributed by atoms with Crippen LogP contribution in [0.5, 0.6) is 5.75 Å². The van der Waals surface area contributed by atoms with Crippen LogP contribution in [-0.4, -0.2) is 27.0 Å². The van der Waals surface area contributed by atoms with E-state index in [4.69, 9.17) is 17.0 Å². The third-order valence-electron chi connectivity index (χ3n) is 3.31. The molecule has 146 valence electrons. The van der Waals surface area contributed by atoms with Gasteiger partial charge in [-0.15, -0.1) is 0 Å². The first-order valence-corrected chi connectivity index (χ1v) is 8.40. The molecule has 2 aromatic rings. The summed E-state index contributed by atoms with van der Waals surface area (Å²) in [5.74, 6) is -0.313. The molecule has 2 rings (SSSR count). The van der Waals surface area contributed by atoms with Crippen LogP contribution in [0.1, 0.15) is 24.2 Å². The molecule has 0 heterocycles. The maximum absolute atomic E-state index is 12.3. The van der Waals surface area contributed by atoms with Gasteiger partial charge in [-0.05, 0) is 38.2 Å². The van der Waals surface area contributed by atoms with Crippen molar-refractivity contribution >= 4 is 40.3 Å². The van der Waals surface area contributed by atoms with E-state index in [1.807, 2.05) is 13.8 Å². The lowest BCUT2D eigenvalue weighted by Crippen LogP contribution is -2.34. The van der Waals surface area contributed by atoms with Gasteiger partial charge in [0, 0.05) is 12.1 Å². The molecule has 0 aliphatic carbocycles. The lowest BCUT2D eigenvalue weighted by molar-refractivity contribution is -0.394. The van der Waals surface area contributed by atoms with Crippen molar-refractivity contribution in [1.29, 1.82) is 0 Å². The summed E-state index contributed by atoms with van der Waals surface area (Å²) < 4.78 is 5.64. The van der Waals surface area contributed by atoms with Gasteiger partial charge in [0.25, 0.3) is 17.3 Å². The van der Waals surface area contributed by atoms with Crippen LogP contribution >= 0.6 is 12.2 Å². The molecule has 0 spiro atoms. The summed E-state index contributed by atoms with van der Waals surface area (Å²) in [7, 11) is 0. The van der Waals surface area contributed by atoms with Gasteiger partial charge in [-0.1, -0.05) is 12.1 Å². The van der Waals surface area contributed by atoms with Crippen molar-refractivity contribution in [3.05, 3.63) is 68.3 Å². The van der Waals surface area contributed by atoms with Crippen molar-refractivity contribution in [3.8, 4) is 5.75 Å². The summed E-state index contributed by atoms with van der Waals surface area (Å²) in [6.07, 6.45) is -0.0865. The number of hydrogen-bond acceptors (Lipinski definition) is 7. The monoisotopic (exact) mass is 404 g/mol. The topological polar surface area (TPSA) is 137 Å². The van der Waals surface area contributed by atoms with Crippen molar-refractivity contribution < 1.29 is 19.4 Å². The van der Waals surface area contributed by atoms with E-state index in [9.17, 15) is 25.0 Å². The highest BCUT2D eigenvalue weighted by Gasteiger charge is 2.20. The van der Waals surface area contributed by atoms with Crippen LogP contribution in [-0.2, 0) is 0 Å². The molecule has 0 radical (unpaired) electrons. The average Bonchev–Trinajstić information content (AvgIpc) is 2.62. The standard InChI is InChI=1S/C17H16N4O6S/c1-10(2)27-15-6-4-3-5-14(15)18-17(28)19-16(22)11-7-12(20(23)24)9-13(8-11)21(25)26/h3-10H,1-2H3,(H2,18,19,22,28). The van der Waals surface area contributed by atoms with Crippen LogP contribution in [0.3, 0.4) is 0 Å². The quantitative estimate of drug-likeness (QED) is 0.424. The van der Waals surface area contributed by atoms with Crippen molar-refractivity contribution in [2.45, 2.75) is 20.0 Å². The molecule has 1 amide bonds. The Morgan fingerprint density at radius 2 is 1.64 bits per heavy atom. The minimum absolute atomic E-state index is 0.0865. The van der Waals surface area contributed by atoms with E-state index in [1.54, 1.807) is 24.3 Å². The molecule has 11 heteroatoms. The zero-order valence-corrected chi connectivity index (χ0v) is 15.7.